The van der Waals surface area contributed by atoms with Gasteiger partial charge in [0.2, 0.25) is 6.29 Å². The molecule has 0 aromatic rings. The average Bonchev–Trinajstić information content (AvgIpc) is 2.04. The van der Waals surface area contributed by atoms with Gasteiger partial charge in [-0.3, -0.25) is 4.79 Å². The fourth-order valence-corrected chi connectivity index (χ4v) is 0.869. The Morgan fingerprint density at radius 2 is 1.93 bits per heavy atom. The summed E-state index contributed by atoms with van der Waals surface area (Å²) in [5.41, 5.74) is 0. The molecule has 0 aliphatic rings. The van der Waals surface area contributed by atoms with Crippen LogP contribution in [0, 0.1) is 0 Å². The topological polar surface area (TPSA) is 44.8 Å². The number of thiol groups is 1. The zero-order chi connectivity index (χ0) is 10.3. The molecule has 6 heteroatoms. The molecular formula is C8H19O4SSb. The van der Waals surface area contributed by atoms with Crippen LogP contribution in [0.1, 0.15) is 20.8 Å². The first-order valence-corrected chi connectivity index (χ1v) is 4.80. The fraction of sp³-hybridized carbons (Fsp3) is 0.875. The normalized spacial score (nSPS) is 14.0. The predicted octanol–water partition coefficient (Wildman–Crippen LogP) is 0.0206. The Morgan fingerprint density at radius 1 is 1.36 bits per heavy atom. The van der Waals surface area contributed by atoms with E-state index in [1.165, 1.54) is 0 Å². The first-order chi connectivity index (χ1) is 6.10. The number of hydrogen-bond acceptors (Lipinski definition) is 5. The van der Waals surface area contributed by atoms with Crippen molar-refractivity contribution in [1.29, 1.82) is 0 Å². The summed E-state index contributed by atoms with van der Waals surface area (Å²) in [5.74, 6) is -0.351. The van der Waals surface area contributed by atoms with Gasteiger partial charge in [0.1, 0.15) is 0 Å². The van der Waals surface area contributed by atoms with Gasteiger partial charge in [0.15, 0.2) is 6.29 Å². The molecule has 2 unspecified atom stereocenters. The summed E-state index contributed by atoms with van der Waals surface area (Å²) in [4.78, 5) is 10.7. The molecule has 0 amide bonds. The van der Waals surface area contributed by atoms with Crippen LogP contribution in [0.25, 0.3) is 0 Å². The van der Waals surface area contributed by atoms with Crippen LogP contribution in [-0.4, -0.2) is 55.3 Å². The van der Waals surface area contributed by atoms with E-state index < -0.39 is 12.3 Å². The van der Waals surface area contributed by atoms with Crippen LogP contribution in [-0.2, 0) is 19.0 Å². The van der Waals surface area contributed by atoms with Gasteiger partial charge < -0.3 is 14.2 Å². The van der Waals surface area contributed by atoms with Gasteiger partial charge in [0, 0.05) is 6.61 Å². The summed E-state index contributed by atoms with van der Waals surface area (Å²) < 4.78 is 15.1. The van der Waals surface area contributed by atoms with Gasteiger partial charge in [-0.2, -0.15) is 12.6 Å². The van der Waals surface area contributed by atoms with E-state index in [0.717, 1.165) is 0 Å². The molecule has 0 aromatic heterocycles. The van der Waals surface area contributed by atoms with Gasteiger partial charge in [0.05, 0.1) is 5.75 Å². The molecule has 0 aromatic carbocycles. The average molecular weight is 333 g/mol. The zero-order valence-electron chi connectivity index (χ0n) is 8.86. The van der Waals surface area contributed by atoms with Crippen molar-refractivity contribution in [2.75, 3.05) is 12.4 Å². The first-order valence-electron chi connectivity index (χ1n) is 4.17. The van der Waals surface area contributed by atoms with E-state index in [0.29, 0.717) is 6.61 Å². The summed E-state index contributed by atoms with van der Waals surface area (Å²) in [5, 5.41) is 0. The molecule has 4 nitrogen and oxygen atoms in total. The molecule has 0 spiro atoms. The van der Waals surface area contributed by atoms with E-state index in [9.17, 15) is 4.79 Å². The Bertz CT molecular complexity index is 156. The molecule has 14 heavy (non-hydrogen) atoms. The second-order valence-electron chi connectivity index (χ2n) is 2.37. The number of ether oxygens (including phenoxy) is 3. The van der Waals surface area contributed by atoms with E-state index >= 15 is 0 Å². The van der Waals surface area contributed by atoms with Crippen molar-refractivity contribution in [1.82, 2.24) is 0 Å². The molecule has 0 aliphatic carbocycles. The van der Waals surface area contributed by atoms with Gasteiger partial charge in [-0.15, -0.1) is 0 Å². The van der Waals surface area contributed by atoms with Gasteiger partial charge in [0.25, 0.3) is 0 Å². The van der Waals surface area contributed by atoms with Crippen LogP contribution in [0.4, 0.5) is 0 Å². The molecule has 0 aliphatic heterocycles. The Balaban J connectivity index is 0. The molecule has 2 atom stereocenters. The van der Waals surface area contributed by atoms with E-state index in [2.05, 4.69) is 12.6 Å². The van der Waals surface area contributed by atoms with Gasteiger partial charge in [-0.05, 0) is 20.8 Å². The third-order valence-corrected chi connectivity index (χ3v) is 1.47. The summed E-state index contributed by atoms with van der Waals surface area (Å²) in [6.07, 6.45) is -0.964. The van der Waals surface area contributed by atoms with Crippen molar-refractivity contribution < 1.29 is 19.0 Å². The molecule has 0 fully saturated rings. The Hall–Kier alpha value is 0.558. The first kappa shape index (κ1) is 17.0. The minimum absolute atomic E-state index is 0. The Morgan fingerprint density at radius 3 is 2.36 bits per heavy atom. The Kier molecular flexibility index (Phi) is 12.2. The Labute approximate surface area is 108 Å². The van der Waals surface area contributed by atoms with Crippen LogP contribution in [0.5, 0.6) is 0 Å². The van der Waals surface area contributed by atoms with Crippen molar-refractivity contribution >= 4 is 43.0 Å². The number of hydrogen-bond donors (Lipinski definition) is 1. The standard InChI is InChI=1S/C8H16O4S.Sb.3H/c1-4-10-6(2)11-7(3)12-8(9)5-13;;;;/h6-7,13H,4-5H2,1-3H3;;;;. The van der Waals surface area contributed by atoms with E-state index in [1.54, 1.807) is 13.8 Å². The van der Waals surface area contributed by atoms with Crippen LogP contribution in [0.2, 0.25) is 0 Å². The third kappa shape index (κ3) is 9.13. The third-order valence-electron chi connectivity index (χ3n) is 1.21. The monoisotopic (exact) mass is 332 g/mol. The minimum atomic E-state index is -0.596. The molecule has 0 saturated carbocycles. The maximum atomic E-state index is 10.7. The van der Waals surface area contributed by atoms with E-state index in [-0.39, 0.29) is 36.5 Å². The van der Waals surface area contributed by atoms with Crippen LogP contribution in [0.15, 0.2) is 0 Å². The van der Waals surface area contributed by atoms with Gasteiger partial charge in [-0.25, -0.2) is 0 Å². The summed E-state index contributed by atoms with van der Waals surface area (Å²) in [6, 6.07) is 0. The van der Waals surface area contributed by atoms with Crippen LogP contribution in [0.3, 0.4) is 0 Å². The number of rotatable bonds is 6. The van der Waals surface area contributed by atoms with E-state index in [1.807, 2.05) is 6.92 Å². The maximum absolute atomic E-state index is 10.7. The van der Waals surface area contributed by atoms with Gasteiger partial charge in [-0.1, -0.05) is 0 Å². The molecule has 0 heterocycles. The summed E-state index contributed by atoms with van der Waals surface area (Å²) >= 11 is 3.76. The van der Waals surface area contributed by atoms with Gasteiger partial charge >= 0.3 is 30.4 Å². The van der Waals surface area contributed by atoms with Crippen molar-refractivity contribution in [3.05, 3.63) is 0 Å². The quantitative estimate of drug-likeness (QED) is 0.322. The second kappa shape index (κ2) is 10.1. The number of carbonyl (C=O) groups excluding carboxylic acids is 1. The number of esters is 1. The SMILES string of the molecule is CCOC(C)OC(C)OC(=O)CS.[SbH3]. The molecule has 0 rings (SSSR count). The second-order valence-corrected chi connectivity index (χ2v) is 2.69. The van der Waals surface area contributed by atoms with Crippen LogP contribution >= 0.6 is 12.6 Å². The summed E-state index contributed by atoms with van der Waals surface area (Å²) in [6.45, 7) is 5.81. The van der Waals surface area contributed by atoms with Crippen molar-refractivity contribution in [2.24, 2.45) is 0 Å². The summed E-state index contributed by atoms with van der Waals surface area (Å²) in [7, 11) is 0. The molecule has 0 bridgehead atoms. The predicted molar refractivity (Wildman–Crippen MR) is 61.5 cm³/mol. The molecular weight excluding hydrogens is 314 g/mol. The molecule has 0 saturated heterocycles. The zero-order valence-corrected chi connectivity index (χ0v) is 13.8. The van der Waals surface area contributed by atoms with E-state index in [4.69, 9.17) is 14.2 Å². The van der Waals surface area contributed by atoms with Crippen LogP contribution < -0.4 is 0 Å². The molecule has 86 valence electrons. The van der Waals surface area contributed by atoms with Crippen molar-refractivity contribution in [3.8, 4) is 0 Å². The number of carbonyl (C=O) groups is 1. The molecule has 0 radical (unpaired) electrons. The van der Waals surface area contributed by atoms with Crippen molar-refractivity contribution in [2.45, 2.75) is 33.4 Å². The molecule has 0 N–H and O–H groups in total. The fourth-order valence-electron chi connectivity index (χ4n) is 0.794. The van der Waals surface area contributed by atoms with Crippen molar-refractivity contribution in [3.63, 3.8) is 0 Å².